The number of halogens is 1. The van der Waals surface area contributed by atoms with Crippen LogP contribution in [0.5, 0.6) is 0 Å². The summed E-state index contributed by atoms with van der Waals surface area (Å²) in [6, 6.07) is 16.0. The molecule has 2 aromatic heterocycles. The molecule has 3 heterocycles. The van der Waals surface area contributed by atoms with E-state index in [9.17, 15) is 4.39 Å². The van der Waals surface area contributed by atoms with Crippen molar-refractivity contribution in [3.63, 3.8) is 0 Å². The van der Waals surface area contributed by atoms with Crippen LogP contribution in [0.3, 0.4) is 0 Å². The van der Waals surface area contributed by atoms with Gasteiger partial charge in [-0.25, -0.2) is 14.4 Å². The molecule has 0 aliphatic carbocycles. The van der Waals surface area contributed by atoms with Crippen LogP contribution in [0, 0.1) is 5.82 Å². The summed E-state index contributed by atoms with van der Waals surface area (Å²) in [5.74, 6) is 1.23. The Morgan fingerprint density at radius 1 is 0.935 bits per heavy atom. The van der Waals surface area contributed by atoms with Crippen LogP contribution in [0.2, 0.25) is 0 Å². The topological polar surface area (TPSA) is 89.2 Å². The Kier molecular flexibility index (Phi) is 5.05. The molecular weight excluding hydrogens is 395 g/mol. The molecule has 0 unspecified atom stereocenters. The summed E-state index contributed by atoms with van der Waals surface area (Å²) < 4.78 is 19.8. The normalized spacial score (nSPS) is 14.0. The maximum absolute atomic E-state index is 14.4. The van der Waals surface area contributed by atoms with E-state index in [1.165, 1.54) is 6.07 Å². The summed E-state index contributed by atoms with van der Waals surface area (Å²) in [5, 5.41) is 3.83. The van der Waals surface area contributed by atoms with Crippen molar-refractivity contribution in [3.05, 3.63) is 66.6 Å². The largest absolute Gasteiger partial charge is 0.383 e. The van der Waals surface area contributed by atoms with Gasteiger partial charge in [0.1, 0.15) is 17.5 Å². The van der Waals surface area contributed by atoms with E-state index in [0.717, 1.165) is 24.6 Å². The van der Waals surface area contributed by atoms with Crippen LogP contribution in [-0.2, 0) is 4.74 Å². The lowest BCUT2D eigenvalue weighted by atomic mass is 10.0. The van der Waals surface area contributed by atoms with E-state index in [1.807, 2.05) is 30.3 Å². The fraction of sp³-hybridized carbons (Fsp3) is 0.174. The van der Waals surface area contributed by atoms with E-state index in [4.69, 9.17) is 10.5 Å². The van der Waals surface area contributed by atoms with Gasteiger partial charge in [-0.2, -0.15) is 4.98 Å². The van der Waals surface area contributed by atoms with E-state index < -0.39 is 0 Å². The van der Waals surface area contributed by atoms with E-state index in [0.29, 0.717) is 47.0 Å². The lowest BCUT2D eigenvalue weighted by Crippen LogP contribution is -2.36. The van der Waals surface area contributed by atoms with Gasteiger partial charge in [-0.3, -0.25) is 0 Å². The molecular formula is C23H21FN6O. The quantitative estimate of drug-likeness (QED) is 0.520. The number of rotatable bonds is 4. The molecule has 0 atom stereocenters. The van der Waals surface area contributed by atoms with Gasteiger partial charge < -0.3 is 20.7 Å². The van der Waals surface area contributed by atoms with E-state index in [1.54, 1.807) is 24.4 Å². The van der Waals surface area contributed by atoms with Crippen molar-refractivity contribution in [3.8, 4) is 11.1 Å². The highest BCUT2D eigenvalue weighted by molar-refractivity contribution is 5.99. The molecule has 1 aliphatic rings. The fourth-order valence-electron chi connectivity index (χ4n) is 3.70. The van der Waals surface area contributed by atoms with Crippen LogP contribution in [0.15, 0.2) is 60.8 Å². The van der Waals surface area contributed by atoms with Gasteiger partial charge in [0.15, 0.2) is 0 Å². The van der Waals surface area contributed by atoms with Gasteiger partial charge in [-0.1, -0.05) is 30.3 Å². The molecule has 4 aromatic rings. The highest BCUT2D eigenvalue weighted by atomic mass is 19.1. The zero-order valence-corrected chi connectivity index (χ0v) is 16.8. The van der Waals surface area contributed by atoms with Crippen molar-refractivity contribution in [1.82, 2.24) is 15.0 Å². The molecule has 156 valence electrons. The van der Waals surface area contributed by atoms with Crippen molar-refractivity contribution >= 4 is 34.2 Å². The first kappa shape index (κ1) is 19.2. The van der Waals surface area contributed by atoms with E-state index in [-0.39, 0.29) is 5.82 Å². The Hall–Kier alpha value is -3.78. The van der Waals surface area contributed by atoms with Gasteiger partial charge in [0.25, 0.3) is 0 Å². The summed E-state index contributed by atoms with van der Waals surface area (Å²) in [5.41, 5.74) is 8.64. The summed E-state index contributed by atoms with van der Waals surface area (Å²) in [6.07, 6.45) is 1.73. The Labute approximate surface area is 178 Å². The average Bonchev–Trinajstić information content (AvgIpc) is 2.80. The molecule has 0 radical (unpaired) electrons. The van der Waals surface area contributed by atoms with Crippen molar-refractivity contribution in [1.29, 1.82) is 0 Å². The number of aromatic nitrogens is 3. The standard InChI is InChI=1S/C23H21FN6O/c24-19-7-2-1-4-16(19)17-5-3-6-18-21(17)28-23(29-22(18)25)27-15-8-9-20(26-14-15)30-10-12-31-13-11-30/h1-9,14H,10-13H2,(H3,25,27,28,29). The number of nitrogens with one attached hydrogen (secondary N) is 1. The molecule has 7 nitrogen and oxygen atoms in total. The summed E-state index contributed by atoms with van der Waals surface area (Å²) in [4.78, 5) is 15.7. The molecule has 0 amide bonds. The highest BCUT2D eigenvalue weighted by Crippen LogP contribution is 2.32. The van der Waals surface area contributed by atoms with Gasteiger partial charge in [0.05, 0.1) is 30.6 Å². The lowest BCUT2D eigenvalue weighted by Gasteiger charge is -2.27. The molecule has 0 saturated carbocycles. The van der Waals surface area contributed by atoms with E-state index >= 15 is 0 Å². The number of benzene rings is 2. The van der Waals surface area contributed by atoms with E-state index in [2.05, 4.69) is 25.2 Å². The Balaban J connectivity index is 1.48. The zero-order chi connectivity index (χ0) is 21.2. The molecule has 8 heteroatoms. The second-order valence-electron chi connectivity index (χ2n) is 7.24. The first-order valence-electron chi connectivity index (χ1n) is 10.1. The van der Waals surface area contributed by atoms with Gasteiger partial charge in [0.2, 0.25) is 5.95 Å². The average molecular weight is 416 g/mol. The van der Waals surface area contributed by atoms with Crippen LogP contribution >= 0.6 is 0 Å². The molecule has 1 fully saturated rings. The van der Waals surface area contributed by atoms with Crippen LogP contribution < -0.4 is 16.0 Å². The van der Waals surface area contributed by atoms with Crippen molar-refractivity contribution in [2.24, 2.45) is 0 Å². The number of hydrogen-bond acceptors (Lipinski definition) is 7. The maximum Gasteiger partial charge on any atom is 0.229 e. The van der Waals surface area contributed by atoms with Gasteiger partial charge >= 0.3 is 0 Å². The number of para-hydroxylation sites is 1. The minimum Gasteiger partial charge on any atom is -0.383 e. The molecule has 3 N–H and O–H groups in total. The zero-order valence-electron chi connectivity index (χ0n) is 16.8. The Morgan fingerprint density at radius 2 is 1.74 bits per heavy atom. The molecule has 2 aromatic carbocycles. The van der Waals surface area contributed by atoms with Crippen molar-refractivity contribution in [2.45, 2.75) is 0 Å². The third-order valence-electron chi connectivity index (χ3n) is 5.26. The number of fused-ring (bicyclic) bond motifs is 1. The maximum atomic E-state index is 14.4. The first-order chi connectivity index (χ1) is 15.2. The van der Waals surface area contributed by atoms with Crippen molar-refractivity contribution in [2.75, 3.05) is 42.3 Å². The molecule has 1 saturated heterocycles. The predicted molar refractivity (Wildman–Crippen MR) is 120 cm³/mol. The number of morpholine rings is 1. The number of ether oxygens (including phenoxy) is 1. The summed E-state index contributed by atoms with van der Waals surface area (Å²) >= 11 is 0. The van der Waals surface area contributed by atoms with Crippen LogP contribution in [-0.4, -0.2) is 41.3 Å². The van der Waals surface area contributed by atoms with Crippen LogP contribution in [0.1, 0.15) is 0 Å². The second-order valence-corrected chi connectivity index (χ2v) is 7.24. The Morgan fingerprint density at radius 3 is 2.52 bits per heavy atom. The Bertz CT molecular complexity index is 1220. The monoisotopic (exact) mass is 416 g/mol. The number of nitrogen functional groups attached to an aromatic ring is 1. The number of anilines is 4. The summed E-state index contributed by atoms with van der Waals surface area (Å²) in [7, 11) is 0. The van der Waals surface area contributed by atoms with Gasteiger partial charge in [-0.05, 0) is 24.3 Å². The highest BCUT2D eigenvalue weighted by Gasteiger charge is 2.14. The van der Waals surface area contributed by atoms with Crippen LogP contribution in [0.4, 0.5) is 27.7 Å². The van der Waals surface area contributed by atoms with Gasteiger partial charge in [-0.15, -0.1) is 0 Å². The number of hydrogen-bond donors (Lipinski definition) is 2. The first-order valence-corrected chi connectivity index (χ1v) is 10.1. The minimum atomic E-state index is -0.315. The van der Waals surface area contributed by atoms with Gasteiger partial charge in [0, 0.05) is 29.6 Å². The second kappa shape index (κ2) is 8.16. The number of nitrogens with zero attached hydrogens (tertiary/aromatic N) is 4. The van der Waals surface area contributed by atoms with Crippen LogP contribution in [0.25, 0.3) is 22.0 Å². The number of nitrogens with two attached hydrogens (primary N) is 1. The fourth-order valence-corrected chi connectivity index (χ4v) is 3.70. The third kappa shape index (κ3) is 3.85. The number of pyridine rings is 1. The molecule has 5 rings (SSSR count). The SMILES string of the molecule is Nc1nc(Nc2ccc(N3CCOCC3)nc2)nc2c(-c3ccccc3F)cccc12. The van der Waals surface area contributed by atoms with Crippen molar-refractivity contribution < 1.29 is 9.13 Å². The minimum absolute atomic E-state index is 0.315. The molecule has 31 heavy (non-hydrogen) atoms. The molecule has 1 aliphatic heterocycles. The lowest BCUT2D eigenvalue weighted by molar-refractivity contribution is 0.122. The third-order valence-corrected chi connectivity index (χ3v) is 5.26. The smallest absolute Gasteiger partial charge is 0.229 e. The molecule has 0 bridgehead atoms. The predicted octanol–water partition coefficient (Wildman–Crippen LogP) is 3.99. The molecule has 0 spiro atoms. The summed E-state index contributed by atoms with van der Waals surface area (Å²) in [6.45, 7) is 3.05.